The first kappa shape index (κ1) is 18.8. The van der Waals surface area contributed by atoms with Gasteiger partial charge >= 0.3 is 0 Å². The molecule has 132 valence electrons. The first-order chi connectivity index (χ1) is 11.0. The fraction of sp³-hybridized carbons (Fsp3) is 0.526. The molecule has 0 spiro atoms. The van der Waals surface area contributed by atoms with E-state index in [1.54, 1.807) is 0 Å². The van der Waals surface area contributed by atoms with E-state index in [1.807, 2.05) is 18.7 Å². The van der Waals surface area contributed by atoms with Crippen molar-refractivity contribution in [1.82, 2.24) is 10.2 Å². The zero-order valence-corrected chi connectivity index (χ0v) is 15.8. The van der Waals surface area contributed by atoms with Crippen LogP contribution in [0.4, 0.5) is 0 Å². The van der Waals surface area contributed by atoms with E-state index in [9.17, 15) is 4.79 Å². The molecule has 1 unspecified atom stereocenters. The summed E-state index contributed by atoms with van der Waals surface area (Å²) in [6.07, 6.45) is 1.97. The van der Waals surface area contributed by atoms with E-state index in [1.165, 1.54) is 0 Å². The van der Waals surface area contributed by atoms with Crippen LogP contribution in [0.5, 0.6) is 0 Å². The van der Waals surface area contributed by atoms with Crippen molar-refractivity contribution in [2.24, 2.45) is 0 Å². The second-order valence-electron chi connectivity index (χ2n) is 6.60. The van der Waals surface area contributed by atoms with Gasteiger partial charge in [-0.1, -0.05) is 19.1 Å². The molecule has 1 N–H and O–H groups in total. The molecule has 1 aromatic carbocycles. The quantitative estimate of drug-likeness (QED) is 0.906. The molecular weight excluding hydrogens is 324 g/mol. The topological polar surface area (TPSA) is 45.5 Å². The number of nitrogens with one attached hydrogen (secondary N) is 1. The molecule has 1 aliphatic heterocycles. The van der Waals surface area contributed by atoms with Crippen LogP contribution in [0.3, 0.4) is 0 Å². The molecule has 1 fully saturated rings. The molecule has 1 aromatic heterocycles. The molecule has 0 saturated carbocycles. The molecule has 2 aromatic rings. The molecule has 0 aliphatic carbocycles. The summed E-state index contributed by atoms with van der Waals surface area (Å²) in [5.74, 6) is 0.547. The molecular formula is C19H27ClN2O2. The number of aryl methyl sites for hydroxylation is 3. The van der Waals surface area contributed by atoms with Crippen molar-refractivity contribution in [2.45, 2.75) is 46.6 Å². The number of amides is 1. The minimum Gasteiger partial charge on any atom is -0.450 e. The Labute approximate surface area is 150 Å². The second-order valence-corrected chi connectivity index (χ2v) is 6.60. The maximum atomic E-state index is 13.1. The molecule has 2 heterocycles. The van der Waals surface area contributed by atoms with Crippen molar-refractivity contribution in [3.05, 3.63) is 34.6 Å². The van der Waals surface area contributed by atoms with Gasteiger partial charge in [0.15, 0.2) is 5.76 Å². The van der Waals surface area contributed by atoms with Crippen LogP contribution in [0.15, 0.2) is 16.5 Å². The van der Waals surface area contributed by atoms with Crippen molar-refractivity contribution in [3.63, 3.8) is 0 Å². The number of halogens is 1. The van der Waals surface area contributed by atoms with Crippen LogP contribution in [-0.2, 0) is 0 Å². The summed E-state index contributed by atoms with van der Waals surface area (Å²) in [5.41, 5.74) is 4.07. The Hall–Kier alpha value is -1.52. The number of furan rings is 1. The molecule has 0 radical (unpaired) electrons. The minimum absolute atomic E-state index is 0. The van der Waals surface area contributed by atoms with Gasteiger partial charge in [0.25, 0.3) is 5.91 Å². The molecule has 0 bridgehead atoms. The Morgan fingerprint density at radius 2 is 2.00 bits per heavy atom. The SMILES string of the molecule is CCCN(C(=O)c1oc2c(C)ccc(C)c2c1C)C1CCNC1.Cl. The second kappa shape index (κ2) is 7.58. The van der Waals surface area contributed by atoms with Gasteiger partial charge < -0.3 is 14.6 Å². The molecule has 1 amide bonds. The molecule has 5 heteroatoms. The molecule has 1 aliphatic rings. The smallest absolute Gasteiger partial charge is 0.290 e. The van der Waals surface area contributed by atoms with Gasteiger partial charge in [-0.25, -0.2) is 0 Å². The number of hydrogen-bond donors (Lipinski definition) is 1. The summed E-state index contributed by atoms with van der Waals surface area (Å²) < 4.78 is 6.05. The van der Waals surface area contributed by atoms with Gasteiger partial charge in [-0.15, -0.1) is 12.4 Å². The average molecular weight is 351 g/mol. The Morgan fingerprint density at radius 3 is 2.58 bits per heavy atom. The molecule has 1 saturated heterocycles. The Bertz CT molecular complexity index is 733. The van der Waals surface area contributed by atoms with Crippen LogP contribution in [0.2, 0.25) is 0 Å². The van der Waals surface area contributed by atoms with E-state index in [4.69, 9.17) is 4.42 Å². The number of fused-ring (bicyclic) bond motifs is 1. The monoisotopic (exact) mass is 350 g/mol. The lowest BCUT2D eigenvalue weighted by Gasteiger charge is -2.27. The van der Waals surface area contributed by atoms with E-state index < -0.39 is 0 Å². The van der Waals surface area contributed by atoms with E-state index in [-0.39, 0.29) is 24.4 Å². The maximum Gasteiger partial charge on any atom is 0.290 e. The normalized spacial score (nSPS) is 17.1. The predicted molar refractivity (Wildman–Crippen MR) is 100 cm³/mol. The highest BCUT2D eigenvalue weighted by atomic mass is 35.5. The van der Waals surface area contributed by atoms with Crippen molar-refractivity contribution in [3.8, 4) is 0 Å². The van der Waals surface area contributed by atoms with Gasteiger partial charge in [0, 0.05) is 30.1 Å². The van der Waals surface area contributed by atoms with Gasteiger partial charge in [0.1, 0.15) is 5.58 Å². The third-order valence-corrected chi connectivity index (χ3v) is 4.88. The van der Waals surface area contributed by atoms with Gasteiger partial charge in [-0.3, -0.25) is 4.79 Å². The highest BCUT2D eigenvalue weighted by Crippen LogP contribution is 2.31. The standard InChI is InChI=1S/C19H26N2O2.ClH/c1-5-10-21(15-8-9-20-11-15)19(22)18-14(4)16-12(2)6-7-13(3)17(16)23-18;/h6-7,15,20H,5,8-11H2,1-4H3;1H. The molecule has 4 nitrogen and oxygen atoms in total. The number of hydrogen-bond acceptors (Lipinski definition) is 3. The van der Waals surface area contributed by atoms with E-state index >= 15 is 0 Å². The maximum absolute atomic E-state index is 13.1. The Balaban J connectivity index is 0.00000208. The number of benzene rings is 1. The lowest BCUT2D eigenvalue weighted by atomic mass is 10.0. The number of carbonyl (C=O) groups is 1. The predicted octanol–water partition coefficient (Wildman–Crippen LogP) is 3.99. The largest absolute Gasteiger partial charge is 0.450 e. The summed E-state index contributed by atoms with van der Waals surface area (Å²) in [5, 5.41) is 4.44. The lowest BCUT2D eigenvalue weighted by molar-refractivity contribution is 0.0661. The van der Waals surface area contributed by atoms with Gasteiger partial charge in [-0.05, 0) is 51.3 Å². The zero-order valence-electron chi connectivity index (χ0n) is 14.9. The van der Waals surface area contributed by atoms with Crippen LogP contribution in [0, 0.1) is 20.8 Å². The summed E-state index contributed by atoms with van der Waals surface area (Å²) in [4.78, 5) is 15.1. The fourth-order valence-electron chi connectivity index (χ4n) is 3.61. The summed E-state index contributed by atoms with van der Waals surface area (Å²) in [6, 6.07) is 4.43. The Kier molecular flexibility index (Phi) is 5.94. The zero-order chi connectivity index (χ0) is 16.6. The average Bonchev–Trinajstić information content (AvgIpc) is 3.16. The fourth-order valence-corrected chi connectivity index (χ4v) is 3.61. The third-order valence-electron chi connectivity index (χ3n) is 4.88. The molecule has 24 heavy (non-hydrogen) atoms. The number of carbonyl (C=O) groups excluding carboxylic acids is 1. The lowest BCUT2D eigenvalue weighted by Crippen LogP contribution is -2.42. The Morgan fingerprint density at radius 1 is 1.29 bits per heavy atom. The van der Waals surface area contributed by atoms with E-state index in [0.717, 1.165) is 60.1 Å². The first-order valence-electron chi connectivity index (χ1n) is 8.55. The van der Waals surface area contributed by atoms with Crippen molar-refractivity contribution >= 4 is 29.3 Å². The molecule has 1 atom stereocenters. The third kappa shape index (κ3) is 3.17. The van der Waals surface area contributed by atoms with Crippen LogP contribution in [-0.4, -0.2) is 36.5 Å². The summed E-state index contributed by atoms with van der Waals surface area (Å²) in [7, 11) is 0. The van der Waals surface area contributed by atoms with Crippen molar-refractivity contribution in [2.75, 3.05) is 19.6 Å². The number of nitrogens with zero attached hydrogens (tertiary/aromatic N) is 1. The van der Waals surface area contributed by atoms with Crippen LogP contribution >= 0.6 is 12.4 Å². The van der Waals surface area contributed by atoms with E-state index in [0.29, 0.717) is 5.76 Å². The van der Waals surface area contributed by atoms with Crippen molar-refractivity contribution in [1.29, 1.82) is 0 Å². The van der Waals surface area contributed by atoms with Crippen molar-refractivity contribution < 1.29 is 9.21 Å². The number of rotatable bonds is 4. The highest BCUT2D eigenvalue weighted by molar-refractivity contribution is 6.00. The molecule has 3 rings (SSSR count). The van der Waals surface area contributed by atoms with Gasteiger partial charge in [0.2, 0.25) is 0 Å². The van der Waals surface area contributed by atoms with Gasteiger partial charge in [0.05, 0.1) is 0 Å². The summed E-state index contributed by atoms with van der Waals surface area (Å²) in [6.45, 7) is 10.9. The van der Waals surface area contributed by atoms with Crippen LogP contribution in [0.1, 0.15) is 47.0 Å². The first-order valence-corrected chi connectivity index (χ1v) is 8.55. The van der Waals surface area contributed by atoms with Gasteiger partial charge in [-0.2, -0.15) is 0 Å². The van der Waals surface area contributed by atoms with E-state index in [2.05, 4.69) is 31.3 Å². The summed E-state index contributed by atoms with van der Waals surface area (Å²) >= 11 is 0. The highest BCUT2D eigenvalue weighted by Gasteiger charge is 2.30. The van der Waals surface area contributed by atoms with Crippen LogP contribution in [0.25, 0.3) is 11.0 Å². The minimum atomic E-state index is 0. The van der Waals surface area contributed by atoms with Crippen LogP contribution < -0.4 is 5.32 Å².